The van der Waals surface area contributed by atoms with E-state index in [0.717, 1.165) is 25.3 Å². The maximum absolute atomic E-state index is 12.8. The number of anilines is 2. The Balaban J connectivity index is 2.14. The number of nitrogens with two attached hydrogens (primary N) is 1. The summed E-state index contributed by atoms with van der Waals surface area (Å²) in [5.41, 5.74) is 5.13. The number of rotatable bonds is 2. The van der Waals surface area contributed by atoms with Gasteiger partial charge in [0.1, 0.15) is 0 Å². The standard InChI is InChI=1S/C14H19F3N2/c1-13(2)6-5-10(8-13)19-9-3-4-12(18)11(7-9)14(15,16)17/h3-4,7,10,19H,5-6,8,18H2,1-2H3. The van der Waals surface area contributed by atoms with Gasteiger partial charge in [-0.25, -0.2) is 0 Å². The van der Waals surface area contributed by atoms with E-state index in [2.05, 4.69) is 19.2 Å². The summed E-state index contributed by atoms with van der Waals surface area (Å²) in [6, 6.07) is 4.25. The van der Waals surface area contributed by atoms with Gasteiger partial charge >= 0.3 is 6.18 Å². The SMILES string of the molecule is CC1(C)CCC(Nc2ccc(N)c(C(F)(F)F)c2)C1. The zero-order chi connectivity index (χ0) is 14.3. The lowest BCUT2D eigenvalue weighted by Crippen LogP contribution is -2.18. The van der Waals surface area contributed by atoms with E-state index in [-0.39, 0.29) is 17.1 Å². The molecule has 5 heteroatoms. The summed E-state index contributed by atoms with van der Waals surface area (Å²) < 4.78 is 38.3. The fraction of sp³-hybridized carbons (Fsp3) is 0.571. The average molecular weight is 272 g/mol. The number of hydrogen-bond donors (Lipinski definition) is 2. The number of hydrogen-bond acceptors (Lipinski definition) is 2. The molecule has 1 aromatic carbocycles. The van der Waals surface area contributed by atoms with Gasteiger partial charge in [-0.2, -0.15) is 13.2 Å². The van der Waals surface area contributed by atoms with Crippen molar-refractivity contribution in [2.75, 3.05) is 11.1 Å². The molecule has 1 aliphatic carbocycles. The molecule has 1 aromatic rings. The molecule has 0 heterocycles. The van der Waals surface area contributed by atoms with Crippen molar-refractivity contribution in [3.8, 4) is 0 Å². The zero-order valence-electron chi connectivity index (χ0n) is 11.1. The van der Waals surface area contributed by atoms with E-state index < -0.39 is 11.7 Å². The van der Waals surface area contributed by atoms with Gasteiger partial charge in [0.15, 0.2) is 0 Å². The van der Waals surface area contributed by atoms with Crippen molar-refractivity contribution in [2.45, 2.75) is 45.3 Å². The number of halogens is 3. The van der Waals surface area contributed by atoms with Crippen LogP contribution in [-0.4, -0.2) is 6.04 Å². The van der Waals surface area contributed by atoms with E-state index >= 15 is 0 Å². The highest BCUT2D eigenvalue weighted by molar-refractivity contribution is 5.58. The van der Waals surface area contributed by atoms with Crippen LogP contribution in [0, 0.1) is 5.41 Å². The molecular formula is C14H19F3N2. The van der Waals surface area contributed by atoms with Gasteiger partial charge in [0.05, 0.1) is 5.56 Å². The number of benzene rings is 1. The highest BCUT2D eigenvalue weighted by atomic mass is 19.4. The van der Waals surface area contributed by atoms with Crippen LogP contribution in [-0.2, 0) is 6.18 Å². The van der Waals surface area contributed by atoms with Crippen LogP contribution >= 0.6 is 0 Å². The Morgan fingerprint density at radius 1 is 1.32 bits per heavy atom. The summed E-state index contributed by atoms with van der Waals surface area (Å²) >= 11 is 0. The van der Waals surface area contributed by atoms with Gasteiger partial charge in [-0.15, -0.1) is 0 Å². The van der Waals surface area contributed by atoms with Gasteiger partial charge in [-0.05, 0) is 42.9 Å². The molecule has 1 atom stereocenters. The molecule has 0 aromatic heterocycles. The van der Waals surface area contributed by atoms with Gasteiger partial charge in [-0.3, -0.25) is 0 Å². The summed E-state index contributed by atoms with van der Waals surface area (Å²) in [5, 5.41) is 3.18. The van der Waals surface area contributed by atoms with Gasteiger partial charge in [0, 0.05) is 17.4 Å². The second-order valence-electron chi connectivity index (χ2n) is 6.05. The van der Waals surface area contributed by atoms with Gasteiger partial charge in [0.2, 0.25) is 0 Å². The van der Waals surface area contributed by atoms with Crippen LogP contribution in [0.3, 0.4) is 0 Å². The second kappa shape index (κ2) is 4.62. The summed E-state index contributed by atoms with van der Waals surface area (Å²) in [4.78, 5) is 0. The van der Waals surface area contributed by atoms with E-state index in [1.165, 1.54) is 6.07 Å². The van der Waals surface area contributed by atoms with Crippen molar-refractivity contribution in [3.63, 3.8) is 0 Å². The molecule has 1 aliphatic rings. The van der Waals surface area contributed by atoms with Crippen molar-refractivity contribution in [1.82, 2.24) is 0 Å². The predicted molar refractivity (Wildman–Crippen MR) is 70.9 cm³/mol. The fourth-order valence-electron chi connectivity index (χ4n) is 2.69. The van der Waals surface area contributed by atoms with Gasteiger partial charge in [0.25, 0.3) is 0 Å². The lowest BCUT2D eigenvalue weighted by Gasteiger charge is -2.19. The molecule has 0 aliphatic heterocycles. The van der Waals surface area contributed by atoms with E-state index in [9.17, 15) is 13.2 Å². The number of nitrogen functional groups attached to an aromatic ring is 1. The summed E-state index contributed by atoms with van der Waals surface area (Å²) in [7, 11) is 0. The molecule has 3 N–H and O–H groups in total. The first kappa shape index (κ1) is 14.0. The van der Waals surface area contributed by atoms with Crippen LogP contribution in [0.5, 0.6) is 0 Å². The molecule has 0 radical (unpaired) electrons. The molecule has 1 fully saturated rings. The Bertz CT molecular complexity index is 466. The van der Waals surface area contributed by atoms with Crippen LogP contribution in [0.25, 0.3) is 0 Å². The molecule has 2 rings (SSSR count). The van der Waals surface area contributed by atoms with Crippen LogP contribution in [0.1, 0.15) is 38.7 Å². The van der Waals surface area contributed by atoms with Crippen molar-refractivity contribution in [1.29, 1.82) is 0 Å². The summed E-state index contributed by atoms with van der Waals surface area (Å²) in [6.45, 7) is 4.36. The van der Waals surface area contributed by atoms with Crippen LogP contribution < -0.4 is 11.1 Å². The highest BCUT2D eigenvalue weighted by Crippen LogP contribution is 2.39. The lowest BCUT2D eigenvalue weighted by molar-refractivity contribution is -0.136. The third kappa shape index (κ3) is 3.33. The quantitative estimate of drug-likeness (QED) is 0.789. The van der Waals surface area contributed by atoms with Crippen molar-refractivity contribution < 1.29 is 13.2 Å². The van der Waals surface area contributed by atoms with E-state index in [0.29, 0.717) is 5.69 Å². The van der Waals surface area contributed by atoms with E-state index in [1.807, 2.05) is 0 Å². The minimum absolute atomic E-state index is 0.232. The lowest BCUT2D eigenvalue weighted by atomic mass is 9.92. The van der Waals surface area contributed by atoms with Crippen LogP contribution in [0.4, 0.5) is 24.5 Å². The summed E-state index contributed by atoms with van der Waals surface area (Å²) in [5.74, 6) is 0. The summed E-state index contributed by atoms with van der Waals surface area (Å²) in [6.07, 6.45) is -1.36. The first-order valence-corrected chi connectivity index (χ1v) is 6.41. The number of nitrogens with one attached hydrogen (secondary N) is 1. The van der Waals surface area contributed by atoms with Crippen molar-refractivity contribution in [3.05, 3.63) is 23.8 Å². The molecular weight excluding hydrogens is 253 g/mol. The normalized spacial score (nSPS) is 22.5. The van der Waals surface area contributed by atoms with E-state index in [1.54, 1.807) is 6.07 Å². The number of alkyl halides is 3. The van der Waals surface area contributed by atoms with Crippen molar-refractivity contribution in [2.24, 2.45) is 5.41 Å². The predicted octanol–water partition coefficient (Wildman–Crippen LogP) is 4.28. The second-order valence-corrected chi connectivity index (χ2v) is 6.05. The topological polar surface area (TPSA) is 38.0 Å². The largest absolute Gasteiger partial charge is 0.418 e. The molecule has 1 unspecified atom stereocenters. The third-order valence-corrected chi connectivity index (χ3v) is 3.70. The minimum atomic E-state index is -4.41. The first-order valence-electron chi connectivity index (χ1n) is 6.41. The fourth-order valence-corrected chi connectivity index (χ4v) is 2.69. The molecule has 0 bridgehead atoms. The molecule has 0 saturated heterocycles. The smallest absolute Gasteiger partial charge is 0.398 e. The maximum atomic E-state index is 12.8. The molecule has 106 valence electrons. The van der Waals surface area contributed by atoms with Crippen LogP contribution in [0.15, 0.2) is 18.2 Å². The molecule has 19 heavy (non-hydrogen) atoms. The van der Waals surface area contributed by atoms with Gasteiger partial charge < -0.3 is 11.1 Å². The highest BCUT2D eigenvalue weighted by Gasteiger charge is 2.34. The molecule has 1 saturated carbocycles. The molecule has 0 amide bonds. The third-order valence-electron chi connectivity index (χ3n) is 3.70. The Labute approximate surface area is 111 Å². The van der Waals surface area contributed by atoms with Gasteiger partial charge in [-0.1, -0.05) is 13.8 Å². The maximum Gasteiger partial charge on any atom is 0.418 e. The Hall–Kier alpha value is -1.39. The zero-order valence-corrected chi connectivity index (χ0v) is 11.1. The first-order chi connectivity index (χ1) is 8.67. The molecule has 2 nitrogen and oxygen atoms in total. The molecule has 0 spiro atoms. The van der Waals surface area contributed by atoms with Crippen LogP contribution in [0.2, 0.25) is 0 Å². The average Bonchev–Trinajstić information content (AvgIpc) is 2.59. The van der Waals surface area contributed by atoms with Crippen molar-refractivity contribution >= 4 is 11.4 Å². The van der Waals surface area contributed by atoms with E-state index in [4.69, 9.17) is 5.73 Å². The Morgan fingerprint density at radius 2 is 2.00 bits per heavy atom. The monoisotopic (exact) mass is 272 g/mol. The Morgan fingerprint density at radius 3 is 2.53 bits per heavy atom. The minimum Gasteiger partial charge on any atom is -0.398 e. The Kier molecular flexibility index (Phi) is 3.41.